The predicted molar refractivity (Wildman–Crippen MR) is 104 cm³/mol. The van der Waals surface area contributed by atoms with E-state index >= 15 is 0 Å². The summed E-state index contributed by atoms with van der Waals surface area (Å²) in [7, 11) is -1.98. The first-order valence-electron chi connectivity index (χ1n) is 8.32. The first kappa shape index (κ1) is 19.5. The summed E-state index contributed by atoms with van der Waals surface area (Å²) in [5.41, 5.74) is 2.28. The average molecular weight is 402 g/mol. The summed E-state index contributed by atoms with van der Waals surface area (Å²) in [6, 6.07) is 11.1. The van der Waals surface area contributed by atoms with E-state index in [1.54, 1.807) is 30.3 Å². The van der Waals surface area contributed by atoms with E-state index in [1.807, 2.05) is 0 Å². The normalized spacial score (nSPS) is 11.5. The fourth-order valence-electron chi connectivity index (χ4n) is 2.73. The minimum absolute atomic E-state index is 0.0896. The van der Waals surface area contributed by atoms with Gasteiger partial charge in [-0.25, -0.2) is 13.1 Å². The van der Waals surface area contributed by atoms with Gasteiger partial charge in [0.15, 0.2) is 0 Å². The molecule has 3 aromatic rings. The Morgan fingerprint density at radius 1 is 1.14 bits per heavy atom. The molecule has 146 valence electrons. The number of non-ortho nitro benzene ring substituents is 1. The zero-order valence-electron chi connectivity index (χ0n) is 14.9. The number of nitro benzene ring substituents is 1. The molecule has 1 heterocycles. The van der Waals surface area contributed by atoms with Crippen molar-refractivity contribution >= 4 is 32.5 Å². The fourth-order valence-corrected chi connectivity index (χ4v) is 3.51. The Morgan fingerprint density at radius 2 is 1.82 bits per heavy atom. The molecule has 1 aromatic heterocycles. The second kappa shape index (κ2) is 7.79. The summed E-state index contributed by atoms with van der Waals surface area (Å²) in [4.78, 5) is 25.8. The number of aromatic amines is 1. The molecule has 0 saturated heterocycles. The van der Waals surface area contributed by atoms with Crippen LogP contribution in [0.5, 0.6) is 0 Å². The van der Waals surface area contributed by atoms with Gasteiger partial charge in [0.2, 0.25) is 10.0 Å². The van der Waals surface area contributed by atoms with Crippen molar-refractivity contribution in [1.82, 2.24) is 15.0 Å². The molecule has 3 N–H and O–H groups in total. The molecule has 0 aliphatic heterocycles. The van der Waals surface area contributed by atoms with E-state index in [-0.39, 0.29) is 23.9 Å². The molecular formula is C18H18N4O5S. The van der Waals surface area contributed by atoms with E-state index in [4.69, 9.17) is 0 Å². The maximum absolute atomic E-state index is 12.5. The molecule has 0 bridgehead atoms. The highest BCUT2D eigenvalue weighted by atomic mass is 32.2. The zero-order valence-corrected chi connectivity index (χ0v) is 15.7. The highest BCUT2D eigenvalue weighted by Gasteiger charge is 2.15. The molecule has 0 radical (unpaired) electrons. The number of H-pyrrole nitrogens is 1. The van der Waals surface area contributed by atoms with Gasteiger partial charge >= 0.3 is 0 Å². The number of carbonyl (C=O) groups excluding carboxylic acids is 1. The van der Waals surface area contributed by atoms with Crippen molar-refractivity contribution in [2.75, 3.05) is 7.05 Å². The van der Waals surface area contributed by atoms with E-state index in [0.29, 0.717) is 22.0 Å². The van der Waals surface area contributed by atoms with Crippen LogP contribution in [0, 0.1) is 10.1 Å². The lowest BCUT2D eigenvalue weighted by molar-refractivity contribution is -0.384. The number of hydrogen-bond donors (Lipinski definition) is 3. The molecule has 0 unspecified atom stereocenters. The number of aromatic nitrogens is 1. The molecule has 9 nitrogen and oxygen atoms in total. The average Bonchev–Trinajstić information content (AvgIpc) is 3.10. The molecular weight excluding hydrogens is 384 g/mol. The van der Waals surface area contributed by atoms with E-state index in [0.717, 1.165) is 5.56 Å². The van der Waals surface area contributed by atoms with Crippen LogP contribution in [0.3, 0.4) is 0 Å². The van der Waals surface area contributed by atoms with Crippen molar-refractivity contribution in [1.29, 1.82) is 0 Å². The summed E-state index contributed by atoms with van der Waals surface area (Å²) < 4.78 is 25.4. The largest absolute Gasteiger partial charge is 0.360 e. The molecule has 0 aliphatic rings. The minimum Gasteiger partial charge on any atom is -0.360 e. The van der Waals surface area contributed by atoms with Gasteiger partial charge in [0.25, 0.3) is 11.6 Å². The van der Waals surface area contributed by atoms with E-state index < -0.39 is 14.9 Å². The third kappa shape index (κ3) is 4.35. The van der Waals surface area contributed by atoms with Crippen molar-refractivity contribution in [3.05, 3.63) is 75.5 Å². The molecule has 0 aliphatic carbocycles. The summed E-state index contributed by atoms with van der Waals surface area (Å²) >= 11 is 0. The number of sulfonamides is 1. The number of hydrogen-bond acceptors (Lipinski definition) is 5. The lowest BCUT2D eigenvalue weighted by Gasteiger charge is -2.07. The van der Waals surface area contributed by atoms with Crippen molar-refractivity contribution in [2.24, 2.45) is 0 Å². The number of benzene rings is 2. The highest BCUT2D eigenvalue weighted by Crippen LogP contribution is 2.23. The summed E-state index contributed by atoms with van der Waals surface area (Å²) in [5.74, 6) is -0.488. The molecule has 0 spiro atoms. The van der Waals surface area contributed by atoms with Crippen molar-refractivity contribution in [3.8, 4) is 0 Å². The second-order valence-electron chi connectivity index (χ2n) is 6.15. The van der Waals surface area contributed by atoms with E-state index in [1.165, 1.54) is 25.4 Å². The molecule has 0 saturated carbocycles. The third-order valence-electron chi connectivity index (χ3n) is 4.26. The maximum atomic E-state index is 12.5. The first-order chi connectivity index (χ1) is 13.3. The van der Waals surface area contributed by atoms with Crippen LogP contribution in [-0.2, 0) is 22.3 Å². The molecule has 28 heavy (non-hydrogen) atoms. The van der Waals surface area contributed by atoms with Gasteiger partial charge in [0, 0.05) is 35.8 Å². The van der Waals surface area contributed by atoms with Gasteiger partial charge in [-0.05, 0) is 24.2 Å². The van der Waals surface area contributed by atoms with E-state index in [2.05, 4.69) is 15.0 Å². The van der Waals surface area contributed by atoms with Crippen molar-refractivity contribution < 1.29 is 18.1 Å². The smallest absolute Gasteiger partial charge is 0.270 e. The maximum Gasteiger partial charge on any atom is 0.270 e. The quantitative estimate of drug-likeness (QED) is 0.411. The molecule has 0 fully saturated rings. The Bertz CT molecular complexity index is 1140. The van der Waals surface area contributed by atoms with Crippen LogP contribution >= 0.6 is 0 Å². The van der Waals surface area contributed by atoms with Crippen molar-refractivity contribution in [3.63, 3.8) is 0 Å². The lowest BCUT2D eigenvalue weighted by Crippen LogP contribution is -2.22. The SMILES string of the molecule is CNS(=O)(=O)Cc1ccc(CNC(=O)c2c[nH]c3ccc([N+](=O)[O-])cc23)cc1. The Balaban J connectivity index is 1.70. The first-order valence-corrected chi connectivity index (χ1v) is 9.97. The molecule has 1 amide bonds. The van der Waals surface area contributed by atoms with Crippen LogP contribution in [0.15, 0.2) is 48.7 Å². The number of fused-ring (bicyclic) bond motifs is 1. The van der Waals surface area contributed by atoms with Crippen LogP contribution in [-0.4, -0.2) is 31.3 Å². The fraction of sp³-hybridized carbons (Fsp3) is 0.167. The standard InChI is InChI=1S/C18H18N4O5S/c1-19-28(26,27)11-13-4-2-12(3-5-13)9-21-18(23)16-10-20-17-7-6-14(22(24)25)8-15(16)17/h2-8,10,19-20H,9,11H2,1H3,(H,21,23). The van der Waals surface area contributed by atoms with Gasteiger partial charge in [0.1, 0.15) is 0 Å². The number of rotatable bonds is 7. The number of nitro groups is 1. The van der Waals surface area contributed by atoms with Crippen LogP contribution in [0.25, 0.3) is 10.9 Å². The van der Waals surface area contributed by atoms with Gasteiger partial charge in [-0.15, -0.1) is 0 Å². The lowest BCUT2D eigenvalue weighted by atomic mass is 10.1. The topological polar surface area (TPSA) is 134 Å². The predicted octanol–water partition coefficient (Wildman–Crippen LogP) is 2.06. The third-order valence-corrected chi connectivity index (χ3v) is 5.60. The number of amides is 1. The van der Waals surface area contributed by atoms with Crippen molar-refractivity contribution in [2.45, 2.75) is 12.3 Å². The van der Waals surface area contributed by atoms with Crippen LogP contribution < -0.4 is 10.0 Å². The van der Waals surface area contributed by atoms with Crippen LogP contribution in [0.1, 0.15) is 21.5 Å². The Morgan fingerprint density at radius 3 is 2.46 bits per heavy atom. The summed E-state index contributed by atoms with van der Waals surface area (Å²) in [6.07, 6.45) is 1.51. The molecule has 10 heteroatoms. The van der Waals surface area contributed by atoms with Gasteiger partial charge < -0.3 is 10.3 Å². The Kier molecular flexibility index (Phi) is 5.43. The summed E-state index contributed by atoms with van der Waals surface area (Å²) in [5, 5.41) is 14.2. The Labute approximate surface area is 161 Å². The molecule has 0 atom stereocenters. The van der Waals surface area contributed by atoms with Gasteiger partial charge in [0.05, 0.1) is 16.2 Å². The summed E-state index contributed by atoms with van der Waals surface area (Å²) in [6.45, 7) is 0.236. The second-order valence-corrected chi connectivity index (χ2v) is 8.08. The molecule has 2 aromatic carbocycles. The van der Waals surface area contributed by atoms with Gasteiger partial charge in [-0.1, -0.05) is 24.3 Å². The number of nitrogens with one attached hydrogen (secondary N) is 3. The minimum atomic E-state index is -3.34. The van der Waals surface area contributed by atoms with Crippen LogP contribution in [0.4, 0.5) is 5.69 Å². The number of nitrogens with zero attached hydrogens (tertiary/aromatic N) is 1. The van der Waals surface area contributed by atoms with E-state index in [9.17, 15) is 23.3 Å². The van der Waals surface area contributed by atoms with Gasteiger partial charge in [-0.3, -0.25) is 14.9 Å². The van der Waals surface area contributed by atoms with Gasteiger partial charge in [-0.2, -0.15) is 0 Å². The zero-order chi connectivity index (χ0) is 20.3. The monoisotopic (exact) mass is 402 g/mol. The highest BCUT2D eigenvalue weighted by molar-refractivity contribution is 7.88. The van der Waals surface area contributed by atoms with Crippen LogP contribution in [0.2, 0.25) is 0 Å². The molecule has 3 rings (SSSR count). The Hall–Kier alpha value is -3.24. The number of carbonyl (C=O) groups is 1.